The van der Waals surface area contributed by atoms with E-state index in [9.17, 15) is 9.59 Å². The van der Waals surface area contributed by atoms with E-state index in [1.165, 1.54) is 11.1 Å². The number of rotatable bonds is 7. The predicted octanol–water partition coefficient (Wildman–Crippen LogP) is 6.61. The average molecular weight is 521 g/mol. The number of carbonyl (C=O) groups is 2. The normalized spacial score (nSPS) is 16.5. The first kappa shape index (κ1) is 25.0. The van der Waals surface area contributed by atoms with Gasteiger partial charge >= 0.3 is 0 Å². The molecule has 4 aromatic rings. The fourth-order valence-electron chi connectivity index (χ4n) is 5.33. The van der Waals surface area contributed by atoms with Crippen molar-refractivity contribution in [2.75, 3.05) is 11.9 Å². The van der Waals surface area contributed by atoms with Gasteiger partial charge in [0.25, 0.3) is 5.91 Å². The standard InChI is InChI=1S/C33H32N2O4/c1-21-5-3-7-25(17-21)31-29-19-27(12-11-23(29)15-16-35(31)33(37)24-9-10-24)38-20-28-13-14-30(39-28)32(36)34-26-8-4-6-22(2)18-26/h3-8,11-14,17-19,24,31H,9-10,15-16,20H2,1-2H3,(H,34,36). The van der Waals surface area contributed by atoms with Crippen molar-refractivity contribution in [2.24, 2.45) is 5.92 Å². The molecule has 6 heteroatoms. The first-order chi connectivity index (χ1) is 18.9. The summed E-state index contributed by atoms with van der Waals surface area (Å²) in [6.45, 7) is 4.97. The number of benzene rings is 3. The van der Waals surface area contributed by atoms with Crippen LogP contribution in [0.2, 0.25) is 0 Å². The number of nitrogens with zero attached hydrogens (tertiary/aromatic N) is 1. The first-order valence-electron chi connectivity index (χ1n) is 13.5. The van der Waals surface area contributed by atoms with Crippen LogP contribution in [0.3, 0.4) is 0 Å². The lowest BCUT2D eigenvalue weighted by Gasteiger charge is -2.38. The highest BCUT2D eigenvalue weighted by atomic mass is 16.5. The van der Waals surface area contributed by atoms with Gasteiger partial charge in [-0.3, -0.25) is 9.59 Å². The number of furan rings is 1. The molecule has 1 fully saturated rings. The van der Waals surface area contributed by atoms with Crippen LogP contribution in [-0.2, 0) is 17.8 Å². The number of hydrogen-bond donors (Lipinski definition) is 1. The molecule has 0 saturated heterocycles. The van der Waals surface area contributed by atoms with Crippen molar-refractivity contribution in [3.05, 3.63) is 118 Å². The SMILES string of the molecule is Cc1cccc(NC(=O)c2ccc(COc3ccc4c(c3)C(c3cccc(C)c3)N(C(=O)C3CC3)CC4)o2)c1. The highest BCUT2D eigenvalue weighted by molar-refractivity contribution is 6.02. The molecule has 1 N–H and O–H groups in total. The van der Waals surface area contributed by atoms with Crippen LogP contribution in [0.1, 0.15) is 63.0 Å². The van der Waals surface area contributed by atoms with Crippen LogP contribution in [0.25, 0.3) is 0 Å². The molecule has 1 saturated carbocycles. The van der Waals surface area contributed by atoms with E-state index >= 15 is 0 Å². The van der Waals surface area contributed by atoms with Gasteiger partial charge in [-0.25, -0.2) is 0 Å². The second kappa shape index (κ2) is 10.4. The number of hydrogen-bond acceptors (Lipinski definition) is 4. The lowest BCUT2D eigenvalue weighted by molar-refractivity contribution is -0.134. The van der Waals surface area contributed by atoms with E-state index < -0.39 is 0 Å². The van der Waals surface area contributed by atoms with Gasteiger partial charge < -0.3 is 19.4 Å². The molecule has 1 unspecified atom stereocenters. The predicted molar refractivity (Wildman–Crippen MR) is 150 cm³/mol. The molecular formula is C33H32N2O4. The van der Waals surface area contributed by atoms with Crippen molar-refractivity contribution in [1.29, 1.82) is 0 Å². The molecule has 198 valence electrons. The van der Waals surface area contributed by atoms with Gasteiger partial charge in [-0.1, -0.05) is 48.0 Å². The summed E-state index contributed by atoms with van der Waals surface area (Å²) in [5, 5.41) is 2.86. The van der Waals surface area contributed by atoms with Gasteiger partial charge in [0.1, 0.15) is 18.1 Å². The van der Waals surface area contributed by atoms with E-state index in [0.29, 0.717) is 11.5 Å². The molecule has 6 nitrogen and oxygen atoms in total. The van der Waals surface area contributed by atoms with E-state index in [2.05, 4.69) is 53.5 Å². The summed E-state index contributed by atoms with van der Waals surface area (Å²) in [5.41, 5.74) is 6.43. The maximum Gasteiger partial charge on any atom is 0.291 e. The van der Waals surface area contributed by atoms with Crippen molar-refractivity contribution in [2.45, 2.75) is 45.8 Å². The first-order valence-corrected chi connectivity index (χ1v) is 13.5. The summed E-state index contributed by atoms with van der Waals surface area (Å²) in [6, 6.07) is 25.5. The fourth-order valence-corrected chi connectivity index (χ4v) is 5.33. The van der Waals surface area contributed by atoms with Crippen LogP contribution >= 0.6 is 0 Å². The summed E-state index contributed by atoms with van der Waals surface area (Å²) >= 11 is 0. The van der Waals surface area contributed by atoms with Gasteiger partial charge in [0.2, 0.25) is 5.91 Å². The van der Waals surface area contributed by atoms with E-state index in [-0.39, 0.29) is 36.1 Å². The van der Waals surface area contributed by atoms with Gasteiger partial charge in [-0.05, 0) is 91.8 Å². The maximum atomic E-state index is 13.3. The lowest BCUT2D eigenvalue weighted by atomic mass is 9.87. The van der Waals surface area contributed by atoms with E-state index in [4.69, 9.17) is 9.15 Å². The molecule has 1 aromatic heterocycles. The molecule has 6 rings (SSSR count). The van der Waals surface area contributed by atoms with Crippen LogP contribution in [0.4, 0.5) is 5.69 Å². The third-order valence-electron chi connectivity index (χ3n) is 7.46. The monoisotopic (exact) mass is 520 g/mol. The number of amides is 2. The molecule has 2 aliphatic rings. The quantitative estimate of drug-likeness (QED) is 0.298. The molecule has 0 spiro atoms. The second-order valence-electron chi connectivity index (χ2n) is 10.6. The van der Waals surface area contributed by atoms with Gasteiger partial charge in [0, 0.05) is 18.2 Å². The largest absolute Gasteiger partial charge is 0.486 e. The van der Waals surface area contributed by atoms with Crippen molar-refractivity contribution in [1.82, 2.24) is 4.90 Å². The maximum absolute atomic E-state index is 13.3. The Bertz CT molecular complexity index is 1530. The summed E-state index contributed by atoms with van der Waals surface area (Å²) in [6.07, 6.45) is 2.80. The average Bonchev–Trinajstić information content (AvgIpc) is 3.67. The van der Waals surface area contributed by atoms with Crippen molar-refractivity contribution >= 4 is 17.5 Å². The molecule has 1 atom stereocenters. The molecule has 0 radical (unpaired) electrons. The van der Waals surface area contributed by atoms with Crippen molar-refractivity contribution < 1.29 is 18.7 Å². The minimum absolute atomic E-state index is 0.133. The van der Waals surface area contributed by atoms with Crippen LogP contribution in [0.5, 0.6) is 5.75 Å². The Balaban J connectivity index is 1.20. The zero-order valence-electron chi connectivity index (χ0n) is 22.3. The summed E-state index contributed by atoms with van der Waals surface area (Å²) in [5.74, 6) is 1.61. The molecule has 0 bridgehead atoms. The van der Waals surface area contributed by atoms with E-state index in [1.807, 2.05) is 37.3 Å². The Kier molecular flexibility index (Phi) is 6.69. The van der Waals surface area contributed by atoms with Crippen molar-refractivity contribution in [3.8, 4) is 5.75 Å². The third-order valence-corrected chi connectivity index (χ3v) is 7.46. The Morgan fingerprint density at radius 3 is 2.51 bits per heavy atom. The Morgan fingerprint density at radius 1 is 0.949 bits per heavy atom. The molecule has 3 aromatic carbocycles. The van der Waals surface area contributed by atoms with Crippen LogP contribution < -0.4 is 10.1 Å². The van der Waals surface area contributed by atoms with Crippen LogP contribution in [-0.4, -0.2) is 23.3 Å². The van der Waals surface area contributed by atoms with E-state index in [0.717, 1.165) is 48.2 Å². The fraction of sp³-hybridized carbons (Fsp3) is 0.273. The Morgan fingerprint density at radius 2 is 1.74 bits per heavy atom. The highest BCUT2D eigenvalue weighted by Gasteiger charge is 2.39. The topological polar surface area (TPSA) is 71.8 Å². The minimum atomic E-state index is -0.304. The Hall–Kier alpha value is -4.32. The van der Waals surface area contributed by atoms with Gasteiger partial charge in [-0.15, -0.1) is 0 Å². The van der Waals surface area contributed by atoms with E-state index in [1.54, 1.807) is 12.1 Å². The lowest BCUT2D eigenvalue weighted by Crippen LogP contribution is -2.41. The summed E-state index contributed by atoms with van der Waals surface area (Å²) < 4.78 is 11.9. The number of fused-ring (bicyclic) bond motifs is 1. The molecule has 2 heterocycles. The smallest absolute Gasteiger partial charge is 0.291 e. The summed E-state index contributed by atoms with van der Waals surface area (Å²) in [7, 11) is 0. The van der Waals surface area contributed by atoms with Gasteiger partial charge in [0.05, 0.1) is 6.04 Å². The second-order valence-corrected chi connectivity index (χ2v) is 10.6. The number of ether oxygens (including phenoxy) is 1. The molecular weight excluding hydrogens is 488 g/mol. The zero-order valence-corrected chi connectivity index (χ0v) is 22.3. The minimum Gasteiger partial charge on any atom is -0.486 e. The van der Waals surface area contributed by atoms with Crippen molar-refractivity contribution in [3.63, 3.8) is 0 Å². The number of anilines is 1. The van der Waals surface area contributed by atoms with Gasteiger partial charge in [-0.2, -0.15) is 0 Å². The summed E-state index contributed by atoms with van der Waals surface area (Å²) in [4.78, 5) is 28.0. The molecule has 2 amide bonds. The molecule has 39 heavy (non-hydrogen) atoms. The number of nitrogens with one attached hydrogen (secondary N) is 1. The van der Waals surface area contributed by atoms with Crippen LogP contribution in [0, 0.1) is 19.8 Å². The molecule has 1 aliphatic carbocycles. The van der Waals surface area contributed by atoms with Crippen LogP contribution in [0.15, 0.2) is 83.3 Å². The number of aryl methyl sites for hydroxylation is 2. The zero-order chi connectivity index (χ0) is 26.9. The third kappa shape index (κ3) is 5.46. The van der Waals surface area contributed by atoms with Gasteiger partial charge in [0.15, 0.2) is 5.76 Å². The molecule has 1 aliphatic heterocycles. The number of carbonyl (C=O) groups excluding carboxylic acids is 2. The Labute approximate surface area is 228 Å². The highest BCUT2D eigenvalue weighted by Crippen LogP contribution is 2.41.